The molecule has 8 heteroatoms. The molecule has 1 aromatic heterocycles. The van der Waals surface area contributed by atoms with Gasteiger partial charge in [0.2, 0.25) is 5.88 Å². The van der Waals surface area contributed by atoms with Crippen molar-refractivity contribution in [3.8, 4) is 11.6 Å². The quantitative estimate of drug-likeness (QED) is 0.482. The Morgan fingerprint density at radius 3 is 2.68 bits per heavy atom. The van der Waals surface area contributed by atoms with E-state index in [1.54, 1.807) is 24.4 Å². The van der Waals surface area contributed by atoms with Gasteiger partial charge in [-0.25, -0.2) is 9.37 Å². The van der Waals surface area contributed by atoms with Crippen LogP contribution in [-0.2, 0) is 5.54 Å². The van der Waals surface area contributed by atoms with Gasteiger partial charge in [0.15, 0.2) is 5.17 Å². The predicted molar refractivity (Wildman–Crippen MR) is 124 cm³/mol. The van der Waals surface area contributed by atoms with Gasteiger partial charge < -0.3 is 21.5 Å². The van der Waals surface area contributed by atoms with Crippen molar-refractivity contribution in [2.24, 2.45) is 16.5 Å². The molecule has 3 aromatic rings. The Hall–Kier alpha value is -3.10. The summed E-state index contributed by atoms with van der Waals surface area (Å²) in [5.74, 6) is 1.67. The molecule has 2 atom stereocenters. The number of ether oxygens (including phenoxy) is 1. The first-order valence-electron chi connectivity index (χ1n) is 9.92. The molecule has 0 bridgehead atoms. The number of thioether (sulfide) groups is 1. The van der Waals surface area contributed by atoms with Gasteiger partial charge in [0.05, 0.1) is 5.54 Å². The molecule has 1 aliphatic heterocycles. The summed E-state index contributed by atoms with van der Waals surface area (Å²) in [5.41, 5.74) is 13.5. The van der Waals surface area contributed by atoms with E-state index < -0.39 is 11.7 Å². The second-order valence-corrected chi connectivity index (χ2v) is 8.60. The number of halogens is 1. The average molecular weight is 438 g/mol. The fourth-order valence-corrected chi connectivity index (χ4v) is 4.39. The Morgan fingerprint density at radius 1 is 1.16 bits per heavy atom. The minimum Gasteiger partial charge on any atom is -0.439 e. The van der Waals surface area contributed by atoms with Crippen LogP contribution in [0.2, 0.25) is 0 Å². The van der Waals surface area contributed by atoms with E-state index in [1.165, 1.54) is 17.8 Å². The van der Waals surface area contributed by atoms with Crippen molar-refractivity contribution in [2.45, 2.75) is 25.0 Å². The molecule has 2 heterocycles. The van der Waals surface area contributed by atoms with E-state index in [9.17, 15) is 4.39 Å². The summed E-state index contributed by atoms with van der Waals surface area (Å²) in [6.07, 6.45) is 1.84. The number of amidine groups is 1. The van der Waals surface area contributed by atoms with Gasteiger partial charge in [-0.2, -0.15) is 0 Å². The van der Waals surface area contributed by atoms with E-state index in [-0.39, 0.29) is 5.82 Å². The van der Waals surface area contributed by atoms with Crippen LogP contribution in [0.1, 0.15) is 30.6 Å². The highest BCUT2D eigenvalue weighted by atomic mass is 32.2. The fraction of sp³-hybridized carbons (Fsp3) is 0.217. The van der Waals surface area contributed by atoms with Crippen LogP contribution in [0.5, 0.6) is 11.6 Å². The zero-order chi connectivity index (χ0) is 21.8. The first kappa shape index (κ1) is 21.1. The SMILES string of the molecule is CC1(c2cc(NC(N)c3ccc(Oc4ccccc4)nc3)ccc2F)CCSC(N)=N1. The number of nitrogens with two attached hydrogens (primary N) is 2. The van der Waals surface area contributed by atoms with Crippen molar-refractivity contribution in [1.82, 2.24) is 4.98 Å². The highest BCUT2D eigenvalue weighted by molar-refractivity contribution is 8.13. The van der Waals surface area contributed by atoms with E-state index in [1.807, 2.05) is 43.3 Å². The monoisotopic (exact) mass is 437 g/mol. The molecule has 2 aromatic carbocycles. The van der Waals surface area contributed by atoms with Gasteiger partial charge in [-0.15, -0.1) is 0 Å². The summed E-state index contributed by atoms with van der Waals surface area (Å²) in [6, 6.07) is 17.9. The van der Waals surface area contributed by atoms with E-state index in [0.29, 0.717) is 34.5 Å². The number of para-hydroxylation sites is 1. The number of nitrogens with zero attached hydrogens (tertiary/aromatic N) is 2. The lowest BCUT2D eigenvalue weighted by Gasteiger charge is -2.30. The number of benzene rings is 2. The first-order chi connectivity index (χ1) is 14.9. The van der Waals surface area contributed by atoms with Gasteiger partial charge in [-0.1, -0.05) is 30.0 Å². The van der Waals surface area contributed by atoms with Crippen molar-refractivity contribution in [1.29, 1.82) is 0 Å². The molecule has 0 aliphatic carbocycles. The second kappa shape index (κ2) is 8.95. The summed E-state index contributed by atoms with van der Waals surface area (Å²) in [5, 5.41) is 3.69. The molecule has 0 spiro atoms. The molecule has 31 heavy (non-hydrogen) atoms. The zero-order valence-electron chi connectivity index (χ0n) is 17.1. The maximum Gasteiger partial charge on any atom is 0.219 e. The highest BCUT2D eigenvalue weighted by Gasteiger charge is 2.32. The molecule has 0 saturated heterocycles. The molecule has 0 radical (unpaired) electrons. The third-order valence-corrected chi connectivity index (χ3v) is 5.94. The third kappa shape index (κ3) is 4.98. The summed E-state index contributed by atoms with van der Waals surface area (Å²) in [7, 11) is 0. The minimum atomic E-state index is -0.695. The highest BCUT2D eigenvalue weighted by Crippen LogP contribution is 2.37. The number of aromatic nitrogens is 1. The van der Waals surface area contributed by atoms with Crippen LogP contribution >= 0.6 is 11.8 Å². The summed E-state index contributed by atoms with van der Waals surface area (Å²) in [4.78, 5) is 8.83. The number of anilines is 1. The molecule has 1 aliphatic rings. The molecule has 5 N–H and O–H groups in total. The third-order valence-electron chi connectivity index (χ3n) is 5.15. The zero-order valence-corrected chi connectivity index (χ0v) is 17.9. The molecule has 160 valence electrons. The minimum absolute atomic E-state index is 0.311. The number of aliphatic imine (C=N–C) groups is 1. The standard InChI is InChI=1S/C23H24FN5OS/c1-23(11-12-31-22(26)29-23)18-13-16(8-9-19(18)24)28-21(25)15-7-10-20(27-14-15)30-17-5-3-2-4-6-17/h2-10,13-14,21,28H,11-12,25H2,1H3,(H2,26,29). The number of nitrogens with one attached hydrogen (secondary N) is 1. The summed E-state index contributed by atoms with van der Waals surface area (Å²) >= 11 is 1.49. The average Bonchev–Trinajstić information content (AvgIpc) is 2.76. The number of hydrogen-bond acceptors (Lipinski definition) is 7. The van der Waals surface area contributed by atoms with Crippen LogP contribution in [0.4, 0.5) is 10.1 Å². The van der Waals surface area contributed by atoms with Crippen molar-refractivity contribution < 1.29 is 9.13 Å². The van der Waals surface area contributed by atoms with Gasteiger partial charge in [0.25, 0.3) is 0 Å². The Bertz CT molecular complexity index is 1080. The topological polar surface area (TPSA) is 98.5 Å². The lowest BCUT2D eigenvalue weighted by atomic mass is 9.89. The predicted octanol–water partition coefficient (Wildman–Crippen LogP) is 4.75. The Kier molecular flexibility index (Phi) is 6.11. The lowest BCUT2D eigenvalue weighted by Crippen LogP contribution is -2.30. The second-order valence-electron chi connectivity index (χ2n) is 7.48. The molecular formula is C23H24FN5OS. The van der Waals surface area contributed by atoms with Crippen LogP contribution in [0, 0.1) is 5.82 Å². The van der Waals surface area contributed by atoms with Crippen molar-refractivity contribution in [2.75, 3.05) is 11.1 Å². The van der Waals surface area contributed by atoms with Gasteiger partial charge in [-0.3, -0.25) is 4.99 Å². The number of rotatable bonds is 6. The number of pyridine rings is 1. The number of hydrogen-bond donors (Lipinski definition) is 3. The Balaban J connectivity index is 1.48. The molecule has 2 unspecified atom stereocenters. The van der Waals surface area contributed by atoms with Gasteiger partial charge in [-0.05, 0) is 49.7 Å². The van der Waals surface area contributed by atoms with E-state index in [0.717, 1.165) is 11.3 Å². The lowest BCUT2D eigenvalue weighted by molar-refractivity contribution is 0.450. The van der Waals surface area contributed by atoms with Crippen molar-refractivity contribution in [3.63, 3.8) is 0 Å². The normalized spacial score (nSPS) is 19.4. The van der Waals surface area contributed by atoms with Gasteiger partial charge >= 0.3 is 0 Å². The van der Waals surface area contributed by atoms with Gasteiger partial charge in [0.1, 0.15) is 17.7 Å². The van der Waals surface area contributed by atoms with E-state index >= 15 is 0 Å². The van der Waals surface area contributed by atoms with E-state index in [4.69, 9.17) is 16.2 Å². The molecular weight excluding hydrogens is 413 g/mol. The summed E-state index contributed by atoms with van der Waals surface area (Å²) in [6.45, 7) is 1.90. The van der Waals surface area contributed by atoms with Crippen LogP contribution in [0.25, 0.3) is 0 Å². The van der Waals surface area contributed by atoms with Gasteiger partial charge in [0, 0.05) is 34.8 Å². The molecule has 0 fully saturated rings. The molecule has 0 amide bonds. The molecule has 6 nitrogen and oxygen atoms in total. The Labute approximate surface area is 184 Å². The summed E-state index contributed by atoms with van der Waals surface area (Å²) < 4.78 is 20.3. The smallest absolute Gasteiger partial charge is 0.219 e. The maximum atomic E-state index is 14.6. The first-order valence-corrected chi connectivity index (χ1v) is 10.9. The largest absolute Gasteiger partial charge is 0.439 e. The van der Waals surface area contributed by atoms with Crippen molar-refractivity contribution in [3.05, 3.63) is 83.8 Å². The van der Waals surface area contributed by atoms with Crippen LogP contribution in [0.15, 0.2) is 71.9 Å². The maximum absolute atomic E-state index is 14.6. The van der Waals surface area contributed by atoms with Crippen molar-refractivity contribution >= 4 is 22.6 Å². The van der Waals surface area contributed by atoms with Crippen LogP contribution in [-0.4, -0.2) is 15.9 Å². The molecule has 4 rings (SSSR count). The van der Waals surface area contributed by atoms with Crippen LogP contribution in [0.3, 0.4) is 0 Å². The Morgan fingerprint density at radius 2 is 1.97 bits per heavy atom. The fourth-order valence-electron chi connectivity index (χ4n) is 3.42. The van der Waals surface area contributed by atoms with E-state index in [2.05, 4.69) is 15.3 Å². The van der Waals surface area contributed by atoms with Crippen LogP contribution < -0.4 is 21.5 Å². The molecule has 0 saturated carbocycles.